The Balaban J connectivity index is 2.68. The molecular weight excluding hydrogens is 280 g/mol. The van der Waals surface area contributed by atoms with Crippen LogP contribution >= 0.6 is 11.8 Å². The van der Waals surface area contributed by atoms with Crippen molar-refractivity contribution in [3.8, 4) is 0 Å². The van der Waals surface area contributed by atoms with E-state index in [1.54, 1.807) is 18.7 Å². The van der Waals surface area contributed by atoms with E-state index < -0.39 is 9.84 Å². The predicted octanol–water partition coefficient (Wildman–Crippen LogP) is 2.13. The molecule has 1 unspecified atom stereocenters. The molecule has 0 aromatic heterocycles. The average molecular weight is 302 g/mol. The third-order valence-electron chi connectivity index (χ3n) is 3.10. The fraction of sp³-hybridized carbons (Fsp3) is 0.538. The lowest BCUT2D eigenvalue weighted by atomic mass is 10.0. The van der Waals surface area contributed by atoms with Crippen LogP contribution in [0.25, 0.3) is 0 Å². The van der Waals surface area contributed by atoms with Crippen molar-refractivity contribution >= 4 is 21.6 Å². The van der Waals surface area contributed by atoms with Gasteiger partial charge in [0.05, 0.1) is 5.75 Å². The van der Waals surface area contributed by atoms with Crippen molar-refractivity contribution < 1.29 is 8.42 Å². The van der Waals surface area contributed by atoms with Gasteiger partial charge in [0, 0.05) is 16.7 Å². The number of nitrogens with two attached hydrogens (primary N) is 1. The summed E-state index contributed by atoms with van der Waals surface area (Å²) in [6.07, 6.45) is 3.36. The zero-order chi connectivity index (χ0) is 14.3. The summed E-state index contributed by atoms with van der Waals surface area (Å²) in [5, 5.41) is 0. The minimum absolute atomic E-state index is 0.00398. The lowest BCUT2D eigenvalue weighted by Gasteiger charge is -2.18. The smallest absolute Gasteiger partial charge is 0.150 e. The van der Waals surface area contributed by atoms with Gasteiger partial charge < -0.3 is 0 Å². The molecule has 4 nitrogen and oxygen atoms in total. The van der Waals surface area contributed by atoms with E-state index in [0.29, 0.717) is 12.8 Å². The lowest BCUT2D eigenvalue weighted by Crippen LogP contribution is -2.29. The highest BCUT2D eigenvalue weighted by Gasteiger charge is 2.15. The minimum atomic E-state index is -2.90. The van der Waals surface area contributed by atoms with Gasteiger partial charge in [-0.15, -0.1) is 11.8 Å². The van der Waals surface area contributed by atoms with E-state index in [1.807, 2.05) is 30.5 Å². The van der Waals surface area contributed by atoms with Crippen molar-refractivity contribution in [3.05, 3.63) is 29.8 Å². The van der Waals surface area contributed by atoms with Gasteiger partial charge in [-0.05, 0) is 30.7 Å². The molecule has 6 heteroatoms. The first kappa shape index (κ1) is 16.5. The molecule has 1 aromatic rings. The molecule has 3 N–H and O–H groups in total. The second kappa shape index (κ2) is 7.89. The number of hydrazine groups is 1. The Morgan fingerprint density at radius 2 is 2.05 bits per heavy atom. The quantitative estimate of drug-likeness (QED) is 0.437. The van der Waals surface area contributed by atoms with E-state index >= 15 is 0 Å². The van der Waals surface area contributed by atoms with E-state index in [9.17, 15) is 8.42 Å². The van der Waals surface area contributed by atoms with Crippen LogP contribution in [0, 0.1) is 0 Å². The first-order valence-corrected chi connectivity index (χ1v) is 9.38. The van der Waals surface area contributed by atoms with Gasteiger partial charge in [-0.25, -0.2) is 8.42 Å². The first-order chi connectivity index (χ1) is 9.04. The summed E-state index contributed by atoms with van der Waals surface area (Å²) in [6.45, 7) is 1.68. The molecule has 0 heterocycles. The highest BCUT2D eigenvalue weighted by molar-refractivity contribution is 7.98. The third kappa shape index (κ3) is 5.14. The fourth-order valence-corrected chi connectivity index (χ4v) is 3.49. The number of hydrogen-bond donors (Lipinski definition) is 2. The normalized spacial score (nSPS) is 13.4. The predicted molar refractivity (Wildman–Crippen MR) is 81.8 cm³/mol. The monoisotopic (exact) mass is 302 g/mol. The van der Waals surface area contributed by atoms with E-state index in [0.717, 1.165) is 5.56 Å². The van der Waals surface area contributed by atoms with Crippen LogP contribution in [0.1, 0.15) is 31.4 Å². The number of sulfone groups is 1. The molecule has 19 heavy (non-hydrogen) atoms. The molecule has 0 fully saturated rings. The molecule has 0 spiro atoms. The zero-order valence-corrected chi connectivity index (χ0v) is 13.1. The van der Waals surface area contributed by atoms with Crippen molar-refractivity contribution in [1.82, 2.24) is 5.43 Å². The van der Waals surface area contributed by atoms with Crippen molar-refractivity contribution in [3.63, 3.8) is 0 Å². The van der Waals surface area contributed by atoms with Crippen LogP contribution in [0.4, 0.5) is 0 Å². The van der Waals surface area contributed by atoms with Crippen LogP contribution in [-0.2, 0) is 9.84 Å². The Hall–Kier alpha value is -0.560. The van der Waals surface area contributed by atoms with Gasteiger partial charge in [0.15, 0.2) is 0 Å². The summed E-state index contributed by atoms with van der Waals surface area (Å²) in [4.78, 5) is 1.17. The van der Waals surface area contributed by atoms with Crippen LogP contribution in [0.3, 0.4) is 0 Å². The molecular formula is C13H22N2O2S2. The maximum atomic E-state index is 11.5. The highest BCUT2D eigenvalue weighted by atomic mass is 32.2. The molecule has 1 aromatic carbocycles. The Kier molecular flexibility index (Phi) is 6.85. The number of nitrogens with one attached hydrogen (secondary N) is 1. The molecule has 0 radical (unpaired) electrons. The maximum Gasteiger partial charge on any atom is 0.150 e. The standard InChI is InChI=1S/C13H22N2O2S2/c1-3-19(16,17)10-6-8-12(15-14)11-7-4-5-9-13(11)18-2/h4-5,7,9,12,15H,3,6,8,10,14H2,1-2H3. The Labute approximate surface area is 120 Å². The third-order valence-corrected chi connectivity index (χ3v) is 5.71. The fourth-order valence-electron chi connectivity index (χ4n) is 1.93. The Bertz CT molecular complexity index is 489. The molecule has 0 amide bonds. The first-order valence-electron chi connectivity index (χ1n) is 6.33. The van der Waals surface area contributed by atoms with E-state index in [4.69, 9.17) is 5.84 Å². The molecule has 108 valence electrons. The zero-order valence-electron chi connectivity index (χ0n) is 11.4. The molecule has 0 aliphatic carbocycles. The number of rotatable bonds is 8. The summed E-state index contributed by atoms with van der Waals surface area (Å²) in [5.41, 5.74) is 3.92. The molecule has 0 aliphatic heterocycles. The molecule has 1 atom stereocenters. The van der Waals surface area contributed by atoms with Crippen LogP contribution < -0.4 is 11.3 Å². The van der Waals surface area contributed by atoms with Crippen molar-refractivity contribution in [1.29, 1.82) is 0 Å². The van der Waals surface area contributed by atoms with Crippen LogP contribution in [0.2, 0.25) is 0 Å². The maximum absolute atomic E-state index is 11.5. The Morgan fingerprint density at radius 1 is 1.37 bits per heavy atom. The van der Waals surface area contributed by atoms with Crippen molar-refractivity contribution in [2.75, 3.05) is 17.8 Å². The van der Waals surface area contributed by atoms with E-state index in [1.165, 1.54) is 4.90 Å². The SMILES string of the molecule is CCS(=O)(=O)CCCC(NN)c1ccccc1SC. The summed E-state index contributed by atoms with van der Waals surface area (Å²) in [7, 11) is -2.90. The van der Waals surface area contributed by atoms with Gasteiger partial charge in [-0.3, -0.25) is 11.3 Å². The van der Waals surface area contributed by atoms with Gasteiger partial charge in [0.2, 0.25) is 0 Å². The van der Waals surface area contributed by atoms with Gasteiger partial charge in [0.1, 0.15) is 9.84 Å². The highest BCUT2D eigenvalue weighted by Crippen LogP contribution is 2.28. The molecule has 1 rings (SSSR count). The largest absolute Gasteiger partial charge is 0.271 e. The number of benzene rings is 1. The van der Waals surface area contributed by atoms with E-state index in [-0.39, 0.29) is 17.5 Å². The second-order valence-corrected chi connectivity index (χ2v) is 7.66. The molecule has 0 saturated heterocycles. The summed E-state index contributed by atoms with van der Waals surface area (Å²) >= 11 is 1.67. The number of hydrogen-bond acceptors (Lipinski definition) is 5. The number of thioether (sulfide) groups is 1. The van der Waals surface area contributed by atoms with Gasteiger partial charge in [0.25, 0.3) is 0 Å². The average Bonchev–Trinajstić information content (AvgIpc) is 2.43. The molecule has 0 saturated carbocycles. The summed E-state index contributed by atoms with van der Waals surface area (Å²) in [6, 6.07) is 8.04. The second-order valence-electron chi connectivity index (χ2n) is 4.34. The van der Waals surface area contributed by atoms with Gasteiger partial charge in [-0.2, -0.15) is 0 Å². The molecule has 0 aliphatic rings. The van der Waals surface area contributed by atoms with Crippen molar-refractivity contribution in [2.45, 2.75) is 30.7 Å². The summed E-state index contributed by atoms with van der Waals surface area (Å²) < 4.78 is 22.9. The van der Waals surface area contributed by atoms with Crippen LogP contribution in [0.15, 0.2) is 29.2 Å². The minimum Gasteiger partial charge on any atom is -0.271 e. The topological polar surface area (TPSA) is 72.2 Å². The lowest BCUT2D eigenvalue weighted by molar-refractivity contribution is 0.501. The summed E-state index contributed by atoms with van der Waals surface area (Å²) in [5.74, 6) is 6.03. The van der Waals surface area contributed by atoms with Crippen molar-refractivity contribution in [2.24, 2.45) is 5.84 Å². The molecule has 0 bridgehead atoms. The van der Waals surface area contributed by atoms with Crippen LogP contribution in [-0.4, -0.2) is 26.2 Å². The Morgan fingerprint density at radius 3 is 2.63 bits per heavy atom. The van der Waals surface area contributed by atoms with Gasteiger partial charge in [-0.1, -0.05) is 25.1 Å². The van der Waals surface area contributed by atoms with Gasteiger partial charge >= 0.3 is 0 Å². The van der Waals surface area contributed by atoms with Crippen LogP contribution in [0.5, 0.6) is 0 Å². The van der Waals surface area contributed by atoms with E-state index in [2.05, 4.69) is 5.43 Å².